The Balaban J connectivity index is 1.56. The van der Waals surface area contributed by atoms with E-state index in [9.17, 15) is 31.0 Å². The largest absolute Gasteiger partial charge is 0.505 e. The topological polar surface area (TPSA) is 167 Å². The van der Waals surface area contributed by atoms with E-state index in [4.69, 9.17) is 0 Å². The van der Waals surface area contributed by atoms with Crippen LogP contribution in [-0.4, -0.2) is 36.0 Å². The Morgan fingerprint density at radius 2 is 1.54 bits per heavy atom. The SMILES string of the molecule is Cc1ccc2nc(-c3ccc(N=Nc4cc(S(=O)(=O)O)c5cccc(S(=O)(=O)O)c5c4O)cc3)sc2c1. The van der Waals surface area contributed by atoms with E-state index in [0.29, 0.717) is 5.69 Å². The van der Waals surface area contributed by atoms with Crippen LogP contribution in [0.1, 0.15) is 5.56 Å². The molecule has 4 aromatic carbocycles. The molecule has 0 fully saturated rings. The van der Waals surface area contributed by atoms with Crippen LogP contribution < -0.4 is 0 Å². The molecule has 13 heteroatoms. The summed E-state index contributed by atoms with van der Waals surface area (Å²) in [4.78, 5) is 3.17. The fourth-order valence-corrected chi connectivity index (χ4v) is 6.31. The molecule has 0 bridgehead atoms. The van der Waals surface area contributed by atoms with Gasteiger partial charge in [-0.3, -0.25) is 9.11 Å². The third-order valence-electron chi connectivity index (χ3n) is 5.53. The van der Waals surface area contributed by atoms with Crippen LogP contribution in [0.4, 0.5) is 11.4 Å². The van der Waals surface area contributed by atoms with Gasteiger partial charge in [0.15, 0.2) is 5.75 Å². The van der Waals surface area contributed by atoms with E-state index in [2.05, 4.69) is 21.3 Å². The molecule has 37 heavy (non-hydrogen) atoms. The number of thiazole rings is 1. The normalized spacial score (nSPS) is 12.6. The van der Waals surface area contributed by atoms with Crippen molar-refractivity contribution in [2.45, 2.75) is 16.7 Å². The van der Waals surface area contributed by atoms with Gasteiger partial charge in [0.1, 0.15) is 20.5 Å². The van der Waals surface area contributed by atoms with Crippen molar-refractivity contribution in [3.63, 3.8) is 0 Å². The molecule has 0 unspecified atom stereocenters. The summed E-state index contributed by atoms with van der Waals surface area (Å²) in [5, 5.41) is 18.6. The molecular weight excluding hydrogens is 538 g/mol. The number of benzene rings is 4. The van der Waals surface area contributed by atoms with E-state index in [1.807, 2.05) is 19.1 Å². The molecule has 0 saturated heterocycles. The number of hydrogen-bond donors (Lipinski definition) is 3. The molecule has 0 amide bonds. The maximum absolute atomic E-state index is 12.0. The highest BCUT2D eigenvalue weighted by molar-refractivity contribution is 7.86. The van der Waals surface area contributed by atoms with Gasteiger partial charge >= 0.3 is 0 Å². The van der Waals surface area contributed by atoms with E-state index < -0.39 is 46.9 Å². The maximum atomic E-state index is 12.0. The van der Waals surface area contributed by atoms with Crippen LogP contribution in [0, 0.1) is 6.92 Å². The molecule has 0 spiro atoms. The summed E-state index contributed by atoms with van der Waals surface area (Å²) in [6.07, 6.45) is 0. The number of phenolic OH excluding ortho intramolecular Hbond substituents is 1. The molecule has 0 aliphatic heterocycles. The molecule has 1 heterocycles. The number of fused-ring (bicyclic) bond motifs is 2. The standard InChI is InChI=1S/C24H17N3O7S3/c1-13-5-10-17-19(11-13)35-24(25-17)14-6-8-15(9-7-14)26-27-18-12-21(37(32,33)34)16-3-2-4-20(36(29,30)31)22(16)23(18)28/h2-12,28H,1H3,(H,29,30,31)(H,32,33,34). The van der Waals surface area contributed by atoms with Crippen LogP contribution in [0.5, 0.6) is 5.75 Å². The summed E-state index contributed by atoms with van der Waals surface area (Å²) in [6.45, 7) is 2.01. The number of azo groups is 1. The lowest BCUT2D eigenvalue weighted by molar-refractivity contribution is 0.472. The smallest absolute Gasteiger partial charge is 0.295 e. The molecule has 3 N–H and O–H groups in total. The molecule has 5 rings (SSSR count). The predicted octanol–water partition coefficient (Wildman–Crippen LogP) is 6.04. The minimum absolute atomic E-state index is 0.315. The molecular formula is C24H17N3O7S3. The fraction of sp³-hybridized carbons (Fsp3) is 0.0417. The lowest BCUT2D eigenvalue weighted by Crippen LogP contribution is -2.03. The third-order valence-corrected chi connectivity index (χ3v) is 8.38. The highest BCUT2D eigenvalue weighted by Gasteiger charge is 2.25. The number of hydrogen-bond acceptors (Lipinski definition) is 9. The first kappa shape index (κ1) is 24.9. The van der Waals surface area contributed by atoms with Gasteiger partial charge in [-0.2, -0.15) is 21.9 Å². The Bertz CT molecular complexity index is 1950. The minimum atomic E-state index is -4.86. The fourth-order valence-electron chi connectivity index (χ4n) is 3.82. The van der Waals surface area contributed by atoms with Crippen LogP contribution in [-0.2, 0) is 20.2 Å². The van der Waals surface area contributed by atoms with Gasteiger partial charge in [0.25, 0.3) is 20.2 Å². The Hall–Kier alpha value is -3.75. The number of phenols is 1. The molecule has 0 radical (unpaired) electrons. The maximum Gasteiger partial charge on any atom is 0.295 e. The van der Waals surface area contributed by atoms with Crippen LogP contribution in [0.3, 0.4) is 0 Å². The number of aromatic hydroxyl groups is 1. The van der Waals surface area contributed by atoms with Crippen molar-refractivity contribution < 1.29 is 31.0 Å². The third kappa shape index (κ3) is 4.82. The van der Waals surface area contributed by atoms with E-state index >= 15 is 0 Å². The first-order valence-corrected chi connectivity index (χ1v) is 14.2. The van der Waals surface area contributed by atoms with Gasteiger partial charge < -0.3 is 5.11 Å². The first-order valence-electron chi connectivity index (χ1n) is 10.5. The summed E-state index contributed by atoms with van der Waals surface area (Å²) >= 11 is 1.54. The van der Waals surface area contributed by atoms with Crippen molar-refractivity contribution in [3.05, 3.63) is 72.3 Å². The minimum Gasteiger partial charge on any atom is -0.505 e. The number of nitrogens with zero attached hydrogens (tertiary/aromatic N) is 3. The van der Waals surface area contributed by atoms with Crippen molar-refractivity contribution in [2.75, 3.05) is 0 Å². The molecule has 10 nitrogen and oxygen atoms in total. The average Bonchev–Trinajstić information content (AvgIpc) is 3.25. The van der Waals surface area contributed by atoms with Crippen LogP contribution in [0.2, 0.25) is 0 Å². The summed E-state index contributed by atoms with van der Waals surface area (Å²) in [5.74, 6) is -0.735. The van der Waals surface area contributed by atoms with Gasteiger partial charge in [0, 0.05) is 16.3 Å². The van der Waals surface area contributed by atoms with Gasteiger partial charge in [-0.1, -0.05) is 18.2 Å². The van der Waals surface area contributed by atoms with E-state index in [1.165, 1.54) is 6.07 Å². The average molecular weight is 556 g/mol. The van der Waals surface area contributed by atoms with Gasteiger partial charge in [-0.25, -0.2) is 4.98 Å². The summed E-state index contributed by atoms with van der Waals surface area (Å²) < 4.78 is 68.0. The number of aromatic nitrogens is 1. The highest BCUT2D eigenvalue weighted by atomic mass is 32.2. The molecule has 0 saturated carbocycles. The van der Waals surface area contributed by atoms with Crippen molar-refractivity contribution >= 4 is 63.9 Å². The Morgan fingerprint density at radius 3 is 2.22 bits per heavy atom. The van der Waals surface area contributed by atoms with Crippen molar-refractivity contribution in [1.29, 1.82) is 0 Å². The van der Waals surface area contributed by atoms with Gasteiger partial charge in [0.05, 0.1) is 15.9 Å². The van der Waals surface area contributed by atoms with Crippen molar-refractivity contribution in [2.24, 2.45) is 10.2 Å². The van der Waals surface area contributed by atoms with Gasteiger partial charge in [-0.05, 0) is 61.0 Å². The molecule has 0 atom stereocenters. The summed E-state index contributed by atoms with van der Waals surface area (Å²) in [7, 11) is -9.71. The zero-order chi connectivity index (χ0) is 26.5. The van der Waals surface area contributed by atoms with E-state index in [0.717, 1.165) is 44.6 Å². The van der Waals surface area contributed by atoms with Crippen LogP contribution in [0.15, 0.2) is 86.7 Å². The second kappa shape index (κ2) is 8.97. The quantitative estimate of drug-likeness (QED) is 0.174. The van der Waals surface area contributed by atoms with Gasteiger partial charge in [0.2, 0.25) is 0 Å². The number of rotatable bonds is 5. The number of aryl methyl sites for hydroxylation is 1. The summed E-state index contributed by atoms with van der Waals surface area (Å²) in [5.41, 5.74) is 2.78. The molecule has 188 valence electrons. The zero-order valence-electron chi connectivity index (χ0n) is 18.9. The zero-order valence-corrected chi connectivity index (χ0v) is 21.3. The predicted molar refractivity (Wildman–Crippen MR) is 139 cm³/mol. The van der Waals surface area contributed by atoms with E-state index in [-0.39, 0.29) is 5.39 Å². The Kier molecular flexibility index (Phi) is 6.04. The second-order valence-corrected chi connectivity index (χ2v) is 11.9. The molecule has 5 aromatic rings. The van der Waals surface area contributed by atoms with Gasteiger partial charge in [-0.15, -0.1) is 16.5 Å². The Morgan fingerprint density at radius 1 is 0.838 bits per heavy atom. The first-order chi connectivity index (χ1) is 17.4. The van der Waals surface area contributed by atoms with E-state index in [1.54, 1.807) is 35.6 Å². The monoisotopic (exact) mass is 555 g/mol. The summed E-state index contributed by atoms with van der Waals surface area (Å²) in [6, 6.07) is 17.0. The lowest BCUT2D eigenvalue weighted by Gasteiger charge is -2.11. The molecule has 1 aromatic heterocycles. The second-order valence-electron chi connectivity index (χ2n) is 8.11. The molecule has 0 aliphatic rings. The Labute approximate surface area is 215 Å². The van der Waals surface area contributed by atoms with Crippen molar-refractivity contribution in [3.8, 4) is 16.3 Å². The molecule has 0 aliphatic carbocycles. The van der Waals surface area contributed by atoms with Crippen LogP contribution in [0.25, 0.3) is 31.6 Å². The lowest BCUT2D eigenvalue weighted by atomic mass is 10.1. The van der Waals surface area contributed by atoms with Crippen LogP contribution >= 0.6 is 11.3 Å². The van der Waals surface area contributed by atoms with Crippen molar-refractivity contribution in [1.82, 2.24) is 4.98 Å². The highest BCUT2D eigenvalue weighted by Crippen LogP contribution is 2.42.